The number of hydrogen-bond donors (Lipinski definition) is 1. The number of methoxy groups -OCH3 is 1. The number of aryl methyl sites for hydroxylation is 1. The molecule has 1 aliphatic rings. The minimum absolute atomic E-state index is 0.0452. The van der Waals surface area contributed by atoms with Crippen molar-refractivity contribution in [3.05, 3.63) is 57.1 Å². The third-order valence-electron chi connectivity index (χ3n) is 4.21. The molecule has 8 nitrogen and oxygen atoms in total. The van der Waals surface area contributed by atoms with Crippen molar-refractivity contribution in [2.24, 2.45) is 0 Å². The Morgan fingerprint density at radius 1 is 1.30 bits per heavy atom. The smallest absolute Gasteiger partial charge is 0.269 e. The molecule has 2 aromatic rings. The lowest BCUT2D eigenvalue weighted by molar-refractivity contribution is -0.384. The monoisotopic (exact) mass is 389 g/mol. The average molecular weight is 390 g/mol. The summed E-state index contributed by atoms with van der Waals surface area (Å²) in [5.41, 5.74) is 1.52. The lowest BCUT2D eigenvalue weighted by Gasteiger charge is -2.28. The SMILES string of the molecule is COc1ccc(Cl)cc1NC(=O)CN1C(=O)CCc2cc([N+](=O)[O-])ccc21. The van der Waals surface area contributed by atoms with Gasteiger partial charge in [0.05, 0.1) is 17.7 Å². The number of carbonyl (C=O) groups is 2. The number of carbonyl (C=O) groups excluding carboxylic acids is 2. The van der Waals surface area contributed by atoms with Crippen LogP contribution in [0.4, 0.5) is 17.1 Å². The van der Waals surface area contributed by atoms with Crippen molar-refractivity contribution in [2.45, 2.75) is 12.8 Å². The largest absolute Gasteiger partial charge is 0.495 e. The molecule has 1 heterocycles. The summed E-state index contributed by atoms with van der Waals surface area (Å²) in [4.78, 5) is 36.6. The van der Waals surface area contributed by atoms with Crippen LogP contribution in [-0.2, 0) is 16.0 Å². The van der Waals surface area contributed by atoms with Crippen molar-refractivity contribution in [1.29, 1.82) is 0 Å². The number of non-ortho nitro benzene ring substituents is 1. The molecule has 140 valence electrons. The van der Waals surface area contributed by atoms with Crippen LogP contribution in [0.5, 0.6) is 5.75 Å². The number of nitrogens with zero attached hydrogens (tertiary/aromatic N) is 2. The first-order chi connectivity index (χ1) is 12.9. The fourth-order valence-corrected chi connectivity index (χ4v) is 3.12. The second-order valence-electron chi connectivity index (χ2n) is 5.94. The Kier molecular flexibility index (Phi) is 5.27. The first kappa shape index (κ1) is 18.7. The van der Waals surface area contributed by atoms with E-state index in [2.05, 4.69) is 5.32 Å². The van der Waals surface area contributed by atoms with Crippen LogP contribution in [0.3, 0.4) is 0 Å². The predicted octanol–water partition coefficient (Wildman–Crippen LogP) is 3.17. The molecule has 2 aromatic carbocycles. The highest BCUT2D eigenvalue weighted by Gasteiger charge is 2.27. The van der Waals surface area contributed by atoms with Crippen LogP contribution in [0.1, 0.15) is 12.0 Å². The van der Waals surface area contributed by atoms with Crippen molar-refractivity contribution >= 4 is 40.5 Å². The summed E-state index contributed by atoms with van der Waals surface area (Å²) in [6.07, 6.45) is 0.581. The second kappa shape index (κ2) is 7.63. The molecule has 0 atom stereocenters. The van der Waals surface area contributed by atoms with Crippen molar-refractivity contribution in [3.63, 3.8) is 0 Å². The molecule has 1 aliphatic heterocycles. The molecular formula is C18H16ClN3O5. The molecule has 9 heteroatoms. The maximum absolute atomic E-state index is 12.5. The van der Waals surface area contributed by atoms with Gasteiger partial charge >= 0.3 is 0 Å². The number of anilines is 2. The van der Waals surface area contributed by atoms with Crippen LogP contribution in [-0.4, -0.2) is 30.4 Å². The molecule has 0 saturated carbocycles. The van der Waals surface area contributed by atoms with Gasteiger partial charge in [-0.1, -0.05) is 11.6 Å². The van der Waals surface area contributed by atoms with Crippen LogP contribution >= 0.6 is 11.6 Å². The molecule has 0 fully saturated rings. The van der Waals surface area contributed by atoms with Crippen molar-refractivity contribution < 1.29 is 19.2 Å². The molecule has 0 saturated heterocycles. The van der Waals surface area contributed by atoms with Gasteiger partial charge in [0.25, 0.3) is 5.69 Å². The van der Waals surface area contributed by atoms with E-state index in [9.17, 15) is 19.7 Å². The van der Waals surface area contributed by atoms with Crippen LogP contribution in [0.2, 0.25) is 5.02 Å². The molecule has 0 aromatic heterocycles. The highest BCUT2D eigenvalue weighted by atomic mass is 35.5. The van der Waals surface area contributed by atoms with Gasteiger partial charge in [0.1, 0.15) is 12.3 Å². The van der Waals surface area contributed by atoms with Gasteiger partial charge in [0.15, 0.2) is 0 Å². The van der Waals surface area contributed by atoms with Crippen LogP contribution in [0.25, 0.3) is 0 Å². The van der Waals surface area contributed by atoms with E-state index >= 15 is 0 Å². The number of nitro groups is 1. The highest BCUT2D eigenvalue weighted by Crippen LogP contribution is 2.31. The van der Waals surface area contributed by atoms with Crippen LogP contribution in [0, 0.1) is 10.1 Å². The number of nitrogens with one attached hydrogen (secondary N) is 1. The number of fused-ring (bicyclic) bond motifs is 1. The van der Waals surface area contributed by atoms with E-state index in [0.717, 1.165) is 0 Å². The first-order valence-electron chi connectivity index (χ1n) is 8.10. The highest BCUT2D eigenvalue weighted by molar-refractivity contribution is 6.31. The van der Waals surface area contributed by atoms with Crippen LogP contribution in [0.15, 0.2) is 36.4 Å². The van der Waals surface area contributed by atoms with E-state index in [-0.39, 0.29) is 24.6 Å². The number of halogens is 1. The van der Waals surface area contributed by atoms with E-state index in [1.54, 1.807) is 18.2 Å². The van der Waals surface area contributed by atoms with Gasteiger partial charge < -0.3 is 15.0 Å². The summed E-state index contributed by atoms with van der Waals surface area (Å²) in [6, 6.07) is 9.06. The Morgan fingerprint density at radius 2 is 2.07 bits per heavy atom. The van der Waals surface area contributed by atoms with Gasteiger partial charge in [0.2, 0.25) is 11.8 Å². The Morgan fingerprint density at radius 3 is 2.78 bits per heavy atom. The lowest BCUT2D eigenvalue weighted by Crippen LogP contribution is -2.40. The summed E-state index contributed by atoms with van der Waals surface area (Å²) < 4.78 is 5.19. The maximum Gasteiger partial charge on any atom is 0.269 e. The van der Waals surface area contributed by atoms with E-state index in [0.29, 0.717) is 34.1 Å². The Balaban J connectivity index is 1.81. The summed E-state index contributed by atoms with van der Waals surface area (Å²) in [6.45, 7) is -0.223. The van der Waals surface area contributed by atoms with E-state index < -0.39 is 10.8 Å². The average Bonchev–Trinajstić information content (AvgIpc) is 2.63. The number of ether oxygens (including phenoxy) is 1. The molecule has 27 heavy (non-hydrogen) atoms. The number of nitro benzene ring substituents is 1. The number of hydrogen-bond acceptors (Lipinski definition) is 5. The molecule has 0 spiro atoms. The van der Waals surface area contributed by atoms with Gasteiger partial charge in [-0.3, -0.25) is 19.7 Å². The zero-order valence-electron chi connectivity index (χ0n) is 14.4. The standard InChI is InChI=1S/C18H16ClN3O5/c1-27-16-6-3-12(19)9-14(16)20-17(23)10-21-15-5-4-13(22(25)26)8-11(15)2-7-18(21)24/h3-6,8-9H,2,7,10H2,1H3,(H,20,23). The van der Waals surface area contributed by atoms with E-state index in [1.165, 1.54) is 30.2 Å². The summed E-state index contributed by atoms with van der Waals surface area (Å²) >= 11 is 5.95. The zero-order chi connectivity index (χ0) is 19.6. The molecule has 0 radical (unpaired) electrons. The second-order valence-corrected chi connectivity index (χ2v) is 6.38. The molecule has 0 aliphatic carbocycles. The van der Waals surface area contributed by atoms with Crippen molar-refractivity contribution in [3.8, 4) is 5.75 Å². The lowest BCUT2D eigenvalue weighted by atomic mass is 10.0. The fourth-order valence-electron chi connectivity index (χ4n) is 2.94. The summed E-state index contributed by atoms with van der Waals surface area (Å²) in [5.74, 6) is -0.214. The first-order valence-corrected chi connectivity index (χ1v) is 8.48. The minimum atomic E-state index is -0.487. The normalized spacial score (nSPS) is 13.1. The summed E-state index contributed by atoms with van der Waals surface area (Å²) in [5, 5.41) is 14.0. The zero-order valence-corrected chi connectivity index (χ0v) is 15.2. The number of rotatable bonds is 5. The van der Waals surface area contributed by atoms with Gasteiger partial charge in [-0.05, 0) is 36.2 Å². The Bertz CT molecular complexity index is 931. The van der Waals surface area contributed by atoms with E-state index in [4.69, 9.17) is 16.3 Å². The van der Waals surface area contributed by atoms with Crippen molar-refractivity contribution in [1.82, 2.24) is 0 Å². The molecule has 2 amide bonds. The maximum atomic E-state index is 12.5. The fraction of sp³-hybridized carbons (Fsp3) is 0.222. The molecule has 0 unspecified atom stereocenters. The van der Waals surface area contributed by atoms with Gasteiger partial charge in [-0.2, -0.15) is 0 Å². The predicted molar refractivity (Wildman–Crippen MR) is 100 cm³/mol. The Hall–Kier alpha value is -3.13. The minimum Gasteiger partial charge on any atom is -0.495 e. The Labute approximate surface area is 159 Å². The quantitative estimate of drug-likeness (QED) is 0.625. The van der Waals surface area contributed by atoms with Gasteiger partial charge in [0, 0.05) is 29.3 Å². The van der Waals surface area contributed by atoms with Gasteiger partial charge in [-0.25, -0.2) is 0 Å². The topological polar surface area (TPSA) is 102 Å². The van der Waals surface area contributed by atoms with Crippen molar-refractivity contribution in [2.75, 3.05) is 23.9 Å². The molecular weight excluding hydrogens is 374 g/mol. The van der Waals surface area contributed by atoms with Crippen LogP contribution < -0.4 is 15.0 Å². The molecule has 1 N–H and O–H groups in total. The molecule has 0 bridgehead atoms. The molecule has 3 rings (SSSR count). The van der Waals surface area contributed by atoms with Gasteiger partial charge in [-0.15, -0.1) is 0 Å². The van der Waals surface area contributed by atoms with E-state index in [1.807, 2.05) is 0 Å². The number of amides is 2. The summed E-state index contributed by atoms with van der Waals surface area (Å²) in [7, 11) is 1.47. The third-order valence-corrected chi connectivity index (χ3v) is 4.45. The number of benzene rings is 2. The third kappa shape index (κ3) is 4.01.